The molecule has 1 aromatic carbocycles. The number of aromatic amines is 1. The molecular weight excluding hydrogens is 434 g/mol. The van der Waals surface area contributed by atoms with Crippen LogP contribution in [-0.4, -0.2) is 36.6 Å². The fraction of sp³-hybridized carbons (Fsp3) is 0.188. The Bertz CT molecular complexity index is 1010. The van der Waals surface area contributed by atoms with Crippen LogP contribution in [0.2, 0.25) is 0 Å². The van der Waals surface area contributed by atoms with Gasteiger partial charge in [0.15, 0.2) is 0 Å². The Kier molecular flexibility index (Phi) is 5.19. The molecule has 0 saturated carbocycles. The summed E-state index contributed by atoms with van der Waals surface area (Å²) < 4.78 is 65.3. The van der Waals surface area contributed by atoms with E-state index in [1.165, 1.54) is 29.1 Å². The number of halogens is 5. The van der Waals surface area contributed by atoms with Crippen LogP contribution < -0.4 is 5.69 Å². The quantitative estimate of drug-likeness (QED) is 0.496. The van der Waals surface area contributed by atoms with Crippen molar-refractivity contribution in [2.45, 2.75) is 17.8 Å². The van der Waals surface area contributed by atoms with E-state index in [1.54, 1.807) is 0 Å². The van der Waals surface area contributed by atoms with Gasteiger partial charge in [-0.25, -0.2) is 0 Å². The van der Waals surface area contributed by atoms with Gasteiger partial charge >= 0.3 is 144 Å². The molecule has 0 amide bonds. The van der Waals surface area contributed by atoms with Crippen molar-refractivity contribution in [2.75, 3.05) is 0 Å². The molecule has 1 unspecified atom stereocenters. The molecule has 1 atom stereocenters. The first-order valence-corrected chi connectivity index (χ1v) is 9.26. The Morgan fingerprint density at radius 3 is 2.41 bits per heavy atom. The van der Waals surface area contributed by atoms with E-state index in [0.717, 1.165) is 28.9 Å². The van der Waals surface area contributed by atoms with Crippen LogP contribution in [0.1, 0.15) is 23.2 Å². The zero-order valence-electron chi connectivity index (χ0n) is 13.5. The van der Waals surface area contributed by atoms with Gasteiger partial charge in [-0.2, -0.15) is 13.2 Å². The van der Waals surface area contributed by atoms with Crippen LogP contribution >= 0.6 is 0 Å². The molecule has 0 aliphatic carbocycles. The summed E-state index contributed by atoms with van der Waals surface area (Å²) in [6.45, 7) is 0. The van der Waals surface area contributed by atoms with E-state index < -0.39 is 29.5 Å². The topological polar surface area (TPSA) is 63.6 Å². The van der Waals surface area contributed by atoms with Crippen LogP contribution in [0.4, 0.5) is 22.0 Å². The number of nitrogens with zero attached hydrogens (tertiary/aromatic N) is 3. The molecule has 3 rings (SSSR count). The second-order valence-electron chi connectivity index (χ2n) is 5.52. The molecule has 27 heavy (non-hydrogen) atoms. The molecule has 0 spiro atoms. The normalized spacial score (nSPS) is 12.0. The van der Waals surface area contributed by atoms with Gasteiger partial charge in [-0.05, 0) is 0 Å². The molecule has 0 saturated heterocycles. The molecule has 2 heterocycles. The molecule has 0 aliphatic rings. The SMILES string of the molecule is O=c1[nH]c(-c2cc(C[AsH2])cnc2C(F)F)nn1-c1ccc(C(F)(F)F)cc1. The standard InChI is InChI=1S/C16H12AsF5N4O/c17-6-8-5-11(12(13(18)19)23-7-8)14-24-15(27)26(25-14)10-3-1-9(2-4-10)16(20,21)22/h1-5,7,13H,6,17H2,(H,24,25,27). The van der Waals surface area contributed by atoms with Crippen LogP contribution in [0.15, 0.2) is 41.3 Å². The van der Waals surface area contributed by atoms with E-state index >= 15 is 0 Å². The average Bonchev–Trinajstić information content (AvgIpc) is 3.02. The molecule has 1 N–H and O–H groups in total. The Hall–Kier alpha value is -2.48. The zero-order valence-corrected chi connectivity index (χ0v) is 15.9. The maximum absolute atomic E-state index is 13.2. The molecule has 0 fully saturated rings. The Morgan fingerprint density at radius 2 is 1.85 bits per heavy atom. The van der Waals surface area contributed by atoms with Crippen molar-refractivity contribution in [1.82, 2.24) is 19.7 Å². The van der Waals surface area contributed by atoms with Crippen LogP contribution in [0.3, 0.4) is 0 Å². The van der Waals surface area contributed by atoms with Gasteiger partial charge < -0.3 is 0 Å². The van der Waals surface area contributed by atoms with Gasteiger partial charge in [0.1, 0.15) is 0 Å². The Morgan fingerprint density at radius 1 is 1.19 bits per heavy atom. The molecule has 2 aromatic heterocycles. The number of hydrogen-bond acceptors (Lipinski definition) is 3. The average molecular weight is 446 g/mol. The van der Waals surface area contributed by atoms with Crippen molar-refractivity contribution in [2.24, 2.45) is 0 Å². The van der Waals surface area contributed by atoms with Crippen molar-refractivity contribution in [3.63, 3.8) is 0 Å². The number of alkyl halides is 5. The van der Waals surface area contributed by atoms with Crippen molar-refractivity contribution in [1.29, 1.82) is 0 Å². The van der Waals surface area contributed by atoms with E-state index in [1.807, 2.05) is 0 Å². The summed E-state index contributed by atoms with van der Waals surface area (Å²) in [5.74, 6) is -0.134. The number of nitrogens with one attached hydrogen (secondary N) is 1. The predicted molar refractivity (Wildman–Crippen MR) is 89.6 cm³/mol. The number of H-pyrrole nitrogens is 1. The molecule has 5 nitrogen and oxygen atoms in total. The van der Waals surface area contributed by atoms with Gasteiger partial charge in [-0.1, -0.05) is 0 Å². The Labute approximate surface area is 157 Å². The van der Waals surface area contributed by atoms with Crippen molar-refractivity contribution >= 4 is 16.9 Å². The summed E-state index contributed by atoms with van der Waals surface area (Å²) >= 11 is 1.35. The number of aromatic nitrogens is 4. The van der Waals surface area contributed by atoms with E-state index in [-0.39, 0.29) is 17.1 Å². The molecule has 0 radical (unpaired) electrons. The third kappa shape index (κ3) is 3.95. The summed E-state index contributed by atoms with van der Waals surface area (Å²) in [5, 5.41) is 4.56. The molecule has 0 aliphatic heterocycles. The minimum absolute atomic E-state index is 0.0251. The summed E-state index contributed by atoms with van der Waals surface area (Å²) in [6.07, 6.45) is -6.06. The van der Waals surface area contributed by atoms with E-state index in [9.17, 15) is 26.7 Å². The third-order valence-electron chi connectivity index (χ3n) is 3.73. The first-order valence-electron chi connectivity index (χ1n) is 7.55. The van der Waals surface area contributed by atoms with Gasteiger partial charge in [0, 0.05) is 0 Å². The van der Waals surface area contributed by atoms with Crippen molar-refractivity contribution < 1.29 is 22.0 Å². The second kappa shape index (κ2) is 7.26. The molecule has 3 aromatic rings. The maximum atomic E-state index is 13.2. The van der Waals surface area contributed by atoms with Gasteiger partial charge in [-0.3, -0.25) is 0 Å². The fourth-order valence-corrected chi connectivity index (χ4v) is 2.87. The summed E-state index contributed by atoms with van der Waals surface area (Å²) in [7, 11) is 0. The summed E-state index contributed by atoms with van der Waals surface area (Å²) in [6, 6.07) is 5.23. The predicted octanol–water partition coefficient (Wildman–Crippen LogP) is 2.71. The monoisotopic (exact) mass is 446 g/mol. The third-order valence-corrected chi connectivity index (χ3v) is 4.72. The number of hydrogen-bond donors (Lipinski definition) is 1. The van der Waals surface area contributed by atoms with Gasteiger partial charge in [0.2, 0.25) is 0 Å². The van der Waals surface area contributed by atoms with Crippen molar-refractivity contribution in [3.8, 4) is 17.1 Å². The van der Waals surface area contributed by atoms with Gasteiger partial charge in [-0.15, -0.1) is 0 Å². The Balaban J connectivity index is 2.07. The molecular formula is C16H12AsF5N4O. The van der Waals surface area contributed by atoms with E-state index in [4.69, 9.17) is 0 Å². The first kappa shape index (κ1) is 19.3. The van der Waals surface area contributed by atoms with E-state index in [2.05, 4.69) is 15.1 Å². The van der Waals surface area contributed by atoms with E-state index in [0.29, 0.717) is 10.8 Å². The molecule has 0 bridgehead atoms. The molecule has 11 heteroatoms. The van der Waals surface area contributed by atoms with Gasteiger partial charge in [0.25, 0.3) is 0 Å². The number of benzene rings is 1. The fourth-order valence-electron chi connectivity index (χ4n) is 2.41. The summed E-state index contributed by atoms with van der Waals surface area (Å²) in [4.78, 5) is 18.2. The molecule has 142 valence electrons. The first-order chi connectivity index (χ1) is 12.7. The number of pyridine rings is 1. The van der Waals surface area contributed by atoms with Crippen LogP contribution in [0, 0.1) is 0 Å². The summed E-state index contributed by atoms with van der Waals surface area (Å²) in [5.41, 5.74) is -1.44. The second-order valence-corrected chi connectivity index (χ2v) is 6.37. The van der Waals surface area contributed by atoms with Crippen LogP contribution in [0.25, 0.3) is 17.1 Å². The zero-order chi connectivity index (χ0) is 19.8. The van der Waals surface area contributed by atoms with Crippen LogP contribution in [0.5, 0.6) is 0 Å². The van der Waals surface area contributed by atoms with Gasteiger partial charge in [0.05, 0.1) is 0 Å². The number of rotatable bonds is 4. The minimum atomic E-state index is -4.51. The van der Waals surface area contributed by atoms with Crippen molar-refractivity contribution in [3.05, 3.63) is 63.8 Å². The van der Waals surface area contributed by atoms with Crippen LogP contribution in [-0.2, 0) is 11.4 Å².